The largest absolute Gasteiger partial charge is 0.370 e. The lowest BCUT2D eigenvalue weighted by molar-refractivity contribution is 0.0723. The molecule has 4 rings (SSSR count). The third-order valence-corrected chi connectivity index (χ3v) is 4.66. The van der Waals surface area contributed by atoms with E-state index < -0.39 is 5.82 Å². The number of pyridine rings is 1. The molecule has 0 bridgehead atoms. The average molecular weight is 365 g/mol. The molecule has 0 saturated heterocycles. The second-order valence-corrected chi connectivity index (χ2v) is 6.66. The van der Waals surface area contributed by atoms with Gasteiger partial charge >= 0.3 is 0 Å². The van der Waals surface area contributed by atoms with Crippen molar-refractivity contribution in [3.8, 4) is 0 Å². The highest BCUT2D eigenvalue weighted by molar-refractivity contribution is 5.94. The summed E-state index contributed by atoms with van der Waals surface area (Å²) in [6, 6.07) is 13.4. The maximum atomic E-state index is 13.5. The fourth-order valence-electron chi connectivity index (χ4n) is 3.34. The molecule has 0 radical (unpaired) electrons. The summed E-state index contributed by atoms with van der Waals surface area (Å²) in [6.45, 7) is 2.37. The molecular weight excluding hydrogens is 345 g/mol. The highest BCUT2D eigenvalue weighted by Gasteiger charge is 2.26. The van der Waals surface area contributed by atoms with Gasteiger partial charge in [-0.25, -0.2) is 9.37 Å². The molecule has 1 aliphatic heterocycles. The number of nitrogens with one attached hydrogen (secondary N) is 1. The summed E-state index contributed by atoms with van der Waals surface area (Å²) in [5.74, 6) is 0.358. The lowest BCUT2D eigenvalue weighted by Crippen LogP contribution is -2.36. The van der Waals surface area contributed by atoms with E-state index >= 15 is 0 Å². The quantitative estimate of drug-likeness (QED) is 0.772. The summed E-state index contributed by atoms with van der Waals surface area (Å²) in [5.41, 5.74) is 1.33. The highest BCUT2D eigenvalue weighted by atomic mass is 19.1. The molecule has 1 N–H and O–H groups in total. The van der Waals surface area contributed by atoms with Crippen LogP contribution in [0.1, 0.15) is 16.1 Å². The van der Waals surface area contributed by atoms with Gasteiger partial charge in [-0.15, -0.1) is 0 Å². The summed E-state index contributed by atoms with van der Waals surface area (Å²) in [4.78, 5) is 19.0. The molecule has 7 heteroatoms. The standard InChI is InChI=1S/C20H20FN5O/c21-17-5-3-4-16(10-17)20(27)25-12-15(11-23-19-6-1-2-8-22-19)13-26-18(14-25)7-9-24-26/h1-10,15H,11-14H2,(H,22,23). The summed E-state index contributed by atoms with van der Waals surface area (Å²) in [6.07, 6.45) is 3.48. The number of anilines is 1. The second kappa shape index (κ2) is 7.57. The topological polar surface area (TPSA) is 63.1 Å². The maximum Gasteiger partial charge on any atom is 0.254 e. The SMILES string of the molecule is O=C(c1cccc(F)c1)N1Cc2ccnn2CC(CNc2ccccn2)C1. The predicted octanol–water partition coefficient (Wildman–Crippen LogP) is 2.80. The minimum Gasteiger partial charge on any atom is -0.370 e. The molecule has 3 aromatic rings. The van der Waals surface area contributed by atoms with Gasteiger partial charge in [-0.05, 0) is 36.4 Å². The molecule has 1 aliphatic rings. The van der Waals surface area contributed by atoms with Crippen LogP contribution in [0.2, 0.25) is 0 Å². The minimum atomic E-state index is -0.408. The van der Waals surface area contributed by atoms with E-state index in [1.807, 2.05) is 28.9 Å². The van der Waals surface area contributed by atoms with Gasteiger partial charge in [0.15, 0.2) is 0 Å². The van der Waals surface area contributed by atoms with Gasteiger partial charge < -0.3 is 10.2 Å². The van der Waals surface area contributed by atoms with Crippen LogP contribution in [0.5, 0.6) is 0 Å². The van der Waals surface area contributed by atoms with E-state index in [1.54, 1.807) is 29.4 Å². The average Bonchev–Trinajstić information content (AvgIpc) is 3.04. The molecule has 1 amide bonds. The molecule has 27 heavy (non-hydrogen) atoms. The van der Waals surface area contributed by atoms with Crippen molar-refractivity contribution < 1.29 is 9.18 Å². The zero-order valence-electron chi connectivity index (χ0n) is 14.8. The summed E-state index contributed by atoms with van der Waals surface area (Å²) >= 11 is 0. The van der Waals surface area contributed by atoms with Gasteiger partial charge in [0.25, 0.3) is 5.91 Å². The zero-order valence-corrected chi connectivity index (χ0v) is 14.8. The van der Waals surface area contributed by atoms with Crippen LogP contribution < -0.4 is 5.32 Å². The first kappa shape index (κ1) is 17.2. The van der Waals surface area contributed by atoms with Crippen LogP contribution in [0.4, 0.5) is 10.2 Å². The number of hydrogen-bond acceptors (Lipinski definition) is 4. The lowest BCUT2D eigenvalue weighted by Gasteiger charge is -2.24. The van der Waals surface area contributed by atoms with Crippen molar-refractivity contribution in [2.45, 2.75) is 13.1 Å². The molecule has 6 nitrogen and oxygen atoms in total. The smallest absolute Gasteiger partial charge is 0.254 e. The number of fused-ring (bicyclic) bond motifs is 1. The Hall–Kier alpha value is -3.22. The normalized spacial score (nSPS) is 16.5. The van der Waals surface area contributed by atoms with Gasteiger partial charge in [-0.3, -0.25) is 9.48 Å². The van der Waals surface area contributed by atoms with Crippen LogP contribution in [0.25, 0.3) is 0 Å². The van der Waals surface area contributed by atoms with E-state index in [4.69, 9.17) is 0 Å². The summed E-state index contributed by atoms with van der Waals surface area (Å²) in [5, 5.41) is 7.70. The van der Waals surface area contributed by atoms with E-state index in [0.717, 1.165) is 11.5 Å². The number of nitrogens with zero attached hydrogens (tertiary/aromatic N) is 4. The highest BCUT2D eigenvalue weighted by Crippen LogP contribution is 2.19. The Morgan fingerprint density at radius 3 is 2.89 bits per heavy atom. The molecule has 1 aromatic carbocycles. The Labute approximate surface area is 156 Å². The van der Waals surface area contributed by atoms with Crippen molar-refractivity contribution in [2.75, 3.05) is 18.4 Å². The van der Waals surface area contributed by atoms with Crippen molar-refractivity contribution in [3.05, 3.63) is 78.0 Å². The van der Waals surface area contributed by atoms with Crippen molar-refractivity contribution in [1.82, 2.24) is 19.7 Å². The van der Waals surface area contributed by atoms with Crippen LogP contribution in [-0.2, 0) is 13.1 Å². The predicted molar refractivity (Wildman–Crippen MR) is 99.6 cm³/mol. The summed E-state index contributed by atoms with van der Waals surface area (Å²) < 4.78 is 15.5. The Balaban J connectivity index is 1.54. The monoisotopic (exact) mass is 365 g/mol. The van der Waals surface area contributed by atoms with Crippen LogP contribution in [0.3, 0.4) is 0 Å². The zero-order chi connectivity index (χ0) is 18.6. The van der Waals surface area contributed by atoms with Gasteiger partial charge in [-0.1, -0.05) is 12.1 Å². The van der Waals surface area contributed by atoms with E-state index in [2.05, 4.69) is 15.4 Å². The lowest BCUT2D eigenvalue weighted by atomic mass is 10.1. The first-order valence-corrected chi connectivity index (χ1v) is 8.89. The Morgan fingerprint density at radius 2 is 2.07 bits per heavy atom. The van der Waals surface area contributed by atoms with E-state index in [1.165, 1.54) is 12.1 Å². The van der Waals surface area contributed by atoms with Gasteiger partial charge in [0.1, 0.15) is 11.6 Å². The number of amides is 1. The first-order chi connectivity index (χ1) is 13.2. The van der Waals surface area contributed by atoms with Crippen LogP contribution in [-0.4, -0.2) is 38.7 Å². The molecule has 0 saturated carbocycles. The Bertz CT molecular complexity index is 927. The number of benzene rings is 1. The second-order valence-electron chi connectivity index (χ2n) is 6.66. The number of halogens is 1. The van der Waals surface area contributed by atoms with Crippen molar-refractivity contribution in [1.29, 1.82) is 0 Å². The minimum absolute atomic E-state index is 0.144. The molecule has 1 unspecified atom stereocenters. The van der Waals surface area contributed by atoms with E-state index in [-0.39, 0.29) is 11.8 Å². The number of hydrogen-bond donors (Lipinski definition) is 1. The number of rotatable bonds is 4. The van der Waals surface area contributed by atoms with Gasteiger partial charge in [0, 0.05) is 43.5 Å². The Kier molecular flexibility index (Phi) is 4.82. The van der Waals surface area contributed by atoms with Crippen LogP contribution in [0.15, 0.2) is 60.9 Å². The fraction of sp³-hybridized carbons (Fsp3) is 0.250. The maximum absolute atomic E-state index is 13.5. The molecule has 3 heterocycles. The molecule has 0 spiro atoms. The molecule has 1 atom stereocenters. The number of carbonyl (C=O) groups is 1. The van der Waals surface area contributed by atoms with E-state index in [0.29, 0.717) is 31.7 Å². The van der Waals surface area contributed by atoms with E-state index in [9.17, 15) is 9.18 Å². The molecular formula is C20H20FN5O. The third-order valence-electron chi connectivity index (χ3n) is 4.66. The number of carbonyl (C=O) groups excluding carboxylic acids is 1. The first-order valence-electron chi connectivity index (χ1n) is 8.89. The molecule has 0 fully saturated rings. The van der Waals surface area contributed by atoms with Crippen molar-refractivity contribution >= 4 is 11.7 Å². The van der Waals surface area contributed by atoms with Crippen molar-refractivity contribution in [2.24, 2.45) is 5.92 Å². The third kappa shape index (κ3) is 3.97. The molecule has 0 aliphatic carbocycles. The Morgan fingerprint density at radius 1 is 1.15 bits per heavy atom. The molecule has 138 valence electrons. The van der Waals surface area contributed by atoms with Crippen LogP contribution >= 0.6 is 0 Å². The van der Waals surface area contributed by atoms with Gasteiger partial charge in [0.05, 0.1) is 12.2 Å². The fourth-order valence-corrected chi connectivity index (χ4v) is 3.34. The number of aromatic nitrogens is 3. The van der Waals surface area contributed by atoms with Gasteiger partial charge in [-0.2, -0.15) is 5.10 Å². The van der Waals surface area contributed by atoms with Gasteiger partial charge in [0.2, 0.25) is 0 Å². The van der Waals surface area contributed by atoms with Crippen molar-refractivity contribution in [3.63, 3.8) is 0 Å². The molecule has 2 aromatic heterocycles. The van der Waals surface area contributed by atoms with Crippen LogP contribution in [0, 0.1) is 11.7 Å². The summed E-state index contributed by atoms with van der Waals surface area (Å²) in [7, 11) is 0.